The Hall–Kier alpha value is -1.48. The number of rotatable bonds is 1. The summed E-state index contributed by atoms with van der Waals surface area (Å²) in [5.41, 5.74) is 9.32. The van der Waals surface area contributed by atoms with Gasteiger partial charge in [-0.2, -0.15) is 0 Å². The Labute approximate surface area is 102 Å². The molecule has 2 heterocycles. The molecule has 0 unspecified atom stereocenters. The maximum absolute atomic E-state index is 5.88. The Morgan fingerprint density at radius 2 is 2.06 bits per heavy atom. The van der Waals surface area contributed by atoms with E-state index in [1.54, 1.807) is 0 Å². The number of nitrogen functional groups attached to an aromatic ring is 1. The summed E-state index contributed by atoms with van der Waals surface area (Å²) in [4.78, 5) is 0. The predicted octanol–water partition coefficient (Wildman–Crippen LogP) is 2.04. The second kappa shape index (κ2) is 4.41. The van der Waals surface area contributed by atoms with Gasteiger partial charge in [0, 0.05) is 11.3 Å². The van der Waals surface area contributed by atoms with Crippen LogP contribution in [0, 0.1) is 5.92 Å². The van der Waals surface area contributed by atoms with Gasteiger partial charge in [0.1, 0.15) is 12.4 Å². The lowest BCUT2D eigenvalue weighted by atomic mass is 9.84. The number of allylic oxidation sites excluding steroid dienone is 1. The molecular formula is C14H18N2O. The standard InChI is InChI=1S/C14H18N2O/c15-11-1-2-14-13(9-11)12(5-8-17-14)10-3-6-16-7-4-10/h1-2,5,9-10,16H,3-4,6-8,15H2. The fourth-order valence-corrected chi connectivity index (χ4v) is 2.75. The van der Waals surface area contributed by atoms with Gasteiger partial charge in [0.2, 0.25) is 0 Å². The average molecular weight is 230 g/mol. The van der Waals surface area contributed by atoms with Crippen LogP contribution in [0.1, 0.15) is 18.4 Å². The lowest BCUT2D eigenvalue weighted by Crippen LogP contribution is -2.29. The Morgan fingerprint density at radius 3 is 2.88 bits per heavy atom. The molecule has 1 fully saturated rings. The molecule has 2 aliphatic rings. The highest BCUT2D eigenvalue weighted by Gasteiger charge is 2.23. The molecular weight excluding hydrogens is 212 g/mol. The molecule has 3 heteroatoms. The second-order valence-corrected chi connectivity index (χ2v) is 4.75. The first-order chi connectivity index (χ1) is 8.34. The van der Waals surface area contributed by atoms with E-state index < -0.39 is 0 Å². The van der Waals surface area contributed by atoms with E-state index in [9.17, 15) is 0 Å². The van der Waals surface area contributed by atoms with Gasteiger partial charge < -0.3 is 15.8 Å². The SMILES string of the molecule is Nc1ccc2c(c1)C(C1CCNCC1)=CCO2. The topological polar surface area (TPSA) is 47.3 Å². The summed E-state index contributed by atoms with van der Waals surface area (Å²) in [6.45, 7) is 2.91. The molecule has 1 aromatic carbocycles. The monoisotopic (exact) mass is 230 g/mol. The molecule has 3 nitrogen and oxygen atoms in total. The van der Waals surface area contributed by atoms with E-state index in [1.807, 2.05) is 18.2 Å². The number of benzene rings is 1. The van der Waals surface area contributed by atoms with Crippen molar-refractivity contribution < 1.29 is 4.74 Å². The van der Waals surface area contributed by atoms with E-state index in [-0.39, 0.29) is 0 Å². The fourth-order valence-electron chi connectivity index (χ4n) is 2.75. The quantitative estimate of drug-likeness (QED) is 0.726. The number of fused-ring (bicyclic) bond motifs is 1. The molecule has 0 radical (unpaired) electrons. The van der Waals surface area contributed by atoms with Crippen molar-refractivity contribution in [3.8, 4) is 5.75 Å². The van der Waals surface area contributed by atoms with Crippen LogP contribution in [0.15, 0.2) is 24.3 Å². The highest BCUT2D eigenvalue weighted by Crippen LogP contribution is 2.38. The maximum atomic E-state index is 5.88. The van der Waals surface area contributed by atoms with Crippen molar-refractivity contribution in [1.82, 2.24) is 5.32 Å². The van der Waals surface area contributed by atoms with Gasteiger partial charge in [0.05, 0.1) is 0 Å². The molecule has 0 atom stereocenters. The first-order valence-electron chi connectivity index (χ1n) is 6.28. The van der Waals surface area contributed by atoms with E-state index in [4.69, 9.17) is 10.5 Å². The molecule has 3 N–H and O–H groups in total. The van der Waals surface area contributed by atoms with Gasteiger partial charge in [0.15, 0.2) is 0 Å². The Balaban J connectivity index is 1.95. The van der Waals surface area contributed by atoms with Gasteiger partial charge >= 0.3 is 0 Å². The number of piperidine rings is 1. The third kappa shape index (κ3) is 2.03. The van der Waals surface area contributed by atoms with Crippen molar-refractivity contribution >= 4 is 11.3 Å². The molecule has 0 spiro atoms. The lowest BCUT2D eigenvalue weighted by Gasteiger charge is -2.29. The van der Waals surface area contributed by atoms with Crippen LogP contribution in [-0.2, 0) is 0 Å². The largest absolute Gasteiger partial charge is 0.489 e. The van der Waals surface area contributed by atoms with Crippen LogP contribution in [0.4, 0.5) is 5.69 Å². The molecule has 2 aliphatic heterocycles. The van der Waals surface area contributed by atoms with Crippen LogP contribution in [0.3, 0.4) is 0 Å². The van der Waals surface area contributed by atoms with Crippen LogP contribution in [-0.4, -0.2) is 19.7 Å². The average Bonchev–Trinajstić information content (AvgIpc) is 2.39. The van der Waals surface area contributed by atoms with Crippen LogP contribution >= 0.6 is 0 Å². The molecule has 0 amide bonds. The molecule has 0 aromatic heterocycles. The third-order valence-electron chi connectivity index (χ3n) is 3.64. The van der Waals surface area contributed by atoms with Crippen molar-refractivity contribution in [1.29, 1.82) is 0 Å². The summed E-state index contributed by atoms with van der Waals surface area (Å²) in [5, 5.41) is 3.41. The minimum Gasteiger partial charge on any atom is -0.489 e. The minimum absolute atomic E-state index is 0.653. The zero-order chi connectivity index (χ0) is 11.7. The van der Waals surface area contributed by atoms with Crippen LogP contribution in [0.25, 0.3) is 5.57 Å². The van der Waals surface area contributed by atoms with Gasteiger partial charge in [-0.05, 0) is 61.7 Å². The van der Waals surface area contributed by atoms with Gasteiger partial charge in [-0.1, -0.05) is 0 Å². The van der Waals surface area contributed by atoms with E-state index in [1.165, 1.54) is 24.0 Å². The molecule has 0 aliphatic carbocycles. The van der Waals surface area contributed by atoms with Crippen molar-refractivity contribution in [3.05, 3.63) is 29.8 Å². The number of nitrogens with one attached hydrogen (secondary N) is 1. The number of ether oxygens (including phenoxy) is 1. The first-order valence-corrected chi connectivity index (χ1v) is 6.28. The zero-order valence-corrected chi connectivity index (χ0v) is 9.91. The van der Waals surface area contributed by atoms with Crippen molar-refractivity contribution in [2.45, 2.75) is 12.8 Å². The molecule has 0 saturated carbocycles. The van der Waals surface area contributed by atoms with Crippen molar-refractivity contribution in [2.24, 2.45) is 5.92 Å². The van der Waals surface area contributed by atoms with Gasteiger partial charge in [-0.15, -0.1) is 0 Å². The summed E-state index contributed by atoms with van der Waals surface area (Å²) in [6.07, 6.45) is 4.64. The normalized spacial score (nSPS) is 20.4. The van der Waals surface area contributed by atoms with Crippen LogP contribution in [0.2, 0.25) is 0 Å². The van der Waals surface area contributed by atoms with E-state index in [0.29, 0.717) is 12.5 Å². The molecule has 0 bridgehead atoms. The Kier molecular flexibility index (Phi) is 2.77. The summed E-state index contributed by atoms with van der Waals surface area (Å²) in [7, 11) is 0. The summed E-state index contributed by atoms with van der Waals surface area (Å²) in [6, 6.07) is 5.94. The van der Waals surface area contributed by atoms with E-state index in [0.717, 1.165) is 24.5 Å². The number of nitrogens with two attached hydrogens (primary N) is 1. The highest BCUT2D eigenvalue weighted by atomic mass is 16.5. The summed E-state index contributed by atoms with van der Waals surface area (Å²) < 4.78 is 5.65. The predicted molar refractivity (Wildman–Crippen MR) is 69.9 cm³/mol. The zero-order valence-electron chi connectivity index (χ0n) is 9.91. The second-order valence-electron chi connectivity index (χ2n) is 4.75. The molecule has 90 valence electrons. The van der Waals surface area contributed by atoms with Crippen LogP contribution < -0.4 is 15.8 Å². The number of hydrogen-bond acceptors (Lipinski definition) is 3. The summed E-state index contributed by atoms with van der Waals surface area (Å²) in [5.74, 6) is 1.64. The first kappa shape index (κ1) is 10.7. The minimum atomic E-state index is 0.653. The van der Waals surface area contributed by atoms with E-state index >= 15 is 0 Å². The van der Waals surface area contributed by atoms with Crippen molar-refractivity contribution in [3.63, 3.8) is 0 Å². The number of anilines is 1. The molecule has 1 aromatic rings. The number of hydrogen-bond donors (Lipinski definition) is 2. The van der Waals surface area contributed by atoms with Gasteiger partial charge in [-0.25, -0.2) is 0 Å². The third-order valence-corrected chi connectivity index (χ3v) is 3.64. The Morgan fingerprint density at radius 1 is 1.24 bits per heavy atom. The highest BCUT2D eigenvalue weighted by molar-refractivity contribution is 5.76. The molecule has 17 heavy (non-hydrogen) atoms. The Bertz CT molecular complexity index is 448. The van der Waals surface area contributed by atoms with Crippen LogP contribution in [0.5, 0.6) is 5.75 Å². The van der Waals surface area contributed by atoms with E-state index in [2.05, 4.69) is 11.4 Å². The fraction of sp³-hybridized carbons (Fsp3) is 0.429. The smallest absolute Gasteiger partial charge is 0.127 e. The van der Waals surface area contributed by atoms with Gasteiger partial charge in [-0.3, -0.25) is 0 Å². The lowest BCUT2D eigenvalue weighted by molar-refractivity contribution is 0.351. The van der Waals surface area contributed by atoms with Crippen molar-refractivity contribution in [2.75, 3.05) is 25.4 Å². The van der Waals surface area contributed by atoms with Gasteiger partial charge in [0.25, 0.3) is 0 Å². The summed E-state index contributed by atoms with van der Waals surface area (Å²) >= 11 is 0. The maximum Gasteiger partial charge on any atom is 0.127 e. The molecule has 3 rings (SSSR count). The molecule has 1 saturated heterocycles.